The van der Waals surface area contributed by atoms with E-state index in [9.17, 15) is 21.6 Å². The lowest BCUT2D eigenvalue weighted by molar-refractivity contribution is -0.154. The summed E-state index contributed by atoms with van der Waals surface area (Å²) in [5.74, 6) is 0.671. The molecular formula is C24H28F3N5O4S. The molecule has 0 amide bonds. The molecule has 0 radical (unpaired) electrons. The van der Waals surface area contributed by atoms with Gasteiger partial charge >= 0.3 is 12.2 Å². The molecule has 1 unspecified atom stereocenters. The van der Waals surface area contributed by atoms with E-state index in [2.05, 4.69) is 29.5 Å². The molecule has 37 heavy (non-hydrogen) atoms. The third-order valence-corrected chi connectivity index (χ3v) is 7.41. The van der Waals surface area contributed by atoms with E-state index in [1.54, 1.807) is 18.2 Å². The third kappa shape index (κ3) is 6.58. The highest BCUT2D eigenvalue weighted by Crippen LogP contribution is 2.30. The standard InChI is InChI=1S/C24H28F3N5O4S/c1-15(18-11-28-22(29-12-18)35-14-24(25,26)27)32-8-7-16-5-6-19(9-17(16)13-32)37(33,34)31-21-10-20(36-30-21)23(2,3)4/h5-6,9-12,15H,7-8,13-14H2,1-4H3,(H,30,31). The van der Waals surface area contributed by atoms with Crippen molar-refractivity contribution in [3.05, 3.63) is 59.1 Å². The van der Waals surface area contributed by atoms with Gasteiger partial charge in [0, 0.05) is 48.6 Å². The second-order valence-corrected chi connectivity index (χ2v) is 11.6. The van der Waals surface area contributed by atoms with Gasteiger partial charge in [-0.3, -0.25) is 9.62 Å². The van der Waals surface area contributed by atoms with Crippen molar-refractivity contribution in [3.63, 3.8) is 0 Å². The van der Waals surface area contributed by atoms with Crippen LogP contribution in [-0.4, -0.2) is 47.8 Å². The molecule has 200 valence electrons. The van der Waals surface area contributed by atoms with E-state index in [4.69, 9.17) is 4.52 Å². The Labute approximate surface area is 213 Å². The van der Waals surface area contributed by atoms with Crippen LogP contribution in [0.25, 0.3) is 0 Å². The van der Waals surface area contributed by atoms with E-state index in [0.29, 0.717) is 30.8 Å². The van der Waals surface area contributed by atoms with Gasteiger partial charge in [-0.1, -0.05) is 32.0 Å². The van der Waals surface area contributed by atoms with Crippen molar-refractivity contribution in [2.45, 2.75) is 63.2 Å². The predicted octanol–water partition coefficient (Wildman–Crippen LogP) is 4.62. The molecule has 2 aromatic heterocycles. The Morgan fingerprint density at radius 2 is 1.84 bits per heavy atom. The summed E-state index contributed by atoms with van der Waals surface area (Å²) in [4.78, 5) is 9.99. The maximum atomic E-state index is 13.0. The van der Waals surface area contributed by atoms with E-state index in [0.717, 1.165) is 11.1 Å². The van der Waals surface area contributed by atoms with Gasteiger partial charge in [0.1, 0.15) is 5.76 Å². The minimum atomic E-state index is -4.47. The number of fused-ring (bicyclic) bond motifs is 1. The van der Waals surface area contributed by atoms with Crippen LogP contribution in [0.5, 0.6) is 6.01 Å². The average Bonchev–Trinajstić information content (AvgIpc) is 3.30. The largest absolute Gasteiger partial charge is 0.454 e. The first kappa shape index (κ1) is 26.9. The molecule has 13 heteroatoms. The molecule has 3 aromatic rings. The molecule has 1 aliphatic rings. The summed E-state index contributed by atoms with van der Waals surface area (Å²) in [6, 6.07) is 6.09. The van der Waals surface area contributed by atoms with Crippen LogP contribution in [0, 0.1) is 0 Å². The van der Waals surface area contributed by atoms with Crippen molar-refractivity contribution in [2.75, 3.05) is 17.9 Å². The van der Waals surface area contributed by atoms with Crippen molar-refractivity contribution < 1.29 is 30.8 Å². The predicted molar refractivity (Wildman–Crippen MR) is 129 cm³/mol. The summed E-state index contributed by atoms with van der Waals surface area (Å²) in [6.07, 6.45) is -0.886. The van der Waals surface area contributed by atoms with Crippen molar-refractivity contribution in [1.82, 2.24) is 20.0 Å². The van der Waals surface area contributed by atoms with Gasteiger partial charge in [0.15, 0.2) is 12.4 Å². The highest BCUT2D eigenvalue weighted by Gasteiger charge is 2.29. The molecule has 1 atom stereocenters. The molecule has 0 saturated heterocycles. The number of sulfonamides is 1. The summed E-state index contributed by atoms with van der Waals surface area (Å²) in [5.41, 5.74) is 2.30. The summed E-state index contributed by atoms with van der Waals surface area (Å²) in [5, 5.41) is 3.83. The van der Waals surface area contributed by atoms with Crippen LogP contribution in [0.2, 0.25) is 0 Å². The number of nitrogens with zero attached hydrogens (tertiary/aromatic N) is 4. The van der Waals surface area contributed by atoms with E-state index in [-0.39, 0.29) is 28.2 Å². The highest BCUT2D eigenvalue weighted by molar-refractivity contribution is 7.92. The average molecular weight is 540 g/mol. The quantitative estimate of drug-likeness (QED) is 0.463. The van der Waals surface area contributed by atoms with Crippen LogP contribution in [0.15, 0.2) is 46.1 Å². The number of nitrogens with one attached hydrogen (secondary N) is 1. The number of aromatic nitrogens is 3. The number of hydrogen-bond donors (Lipinski definition) is 1. The van der Waals surface area contributed by atoms with Crippen LogP contribution in [-0.2, 0) is 28.4 Å². The lowest BCUT2D eigenvalue weighted by Gasteiger charge is -2.34. The Hall–Kier alpha value is -3.19. The number of halogens is 3. The second kappa shape index (κ2) is 9.93. The van der Waals surface area contributed by atoms with Gasteiger partial charge in [0.25, 0.3) is 10.0 Å². The SMILES string of the molecule is CC(c1cnc(OCC(F)(F)F)nc1)N1CCc2ccc(S(=O)(=O)Nc3cc(C(C)(C)C)on3)cc2C1. The fourth-order valence-corrected chi connectivity index (χ4v) is 4.93. The van der Waals surface area contributed by atoms with Gasteiger partial charge < -0.3 is 9.26 Å². The second-order valence-electron chi connectivity index (χ2n) is 9.96. The van der Waals surface area contributed by atoms with E-state index < -0.39 is 22.8 Å². The Kier molecular flexibility index (Phi) is 7.21. The summed E-state index contributed by atoms with van der Waals surface area (Å²) < 4.78 is 75.4. The number of rotatable bonds is 7. The first-order valence-electron chi connectivity index (χ1n) is 11.6. The smallest absolute Gasteiger partial charge is 0.422 e. The molecule has 0 fully saturated rings. The monoisotopic (exact) mass is 539 g/mol. The van der Waals surface area contributed by atoms with Crippen molar-refractivity contribution in [2.24, 2.45) is 0 Å². The summed E-state index contributed by atoms with van der Waals surface area (Å²) in [7, 11) is -3.89. The van der Waals surface area contributed by atoms with Crippen LogP contribution in [0.4, 0.5) is 19.0 Å². The van der Waals surface area contributed by atoms with Gasteiger partial charge in [-0.15, -0.1) is 0 Å². The maximum Gasteiger partial charge on any atom is 0.422 e. The zero-order valence-electron chi connectivity index (χ0n) is 20.8. The molecule has 3 heterocycles. The van der Waals surface area contributed by atoms with Crippen LogP contribution in [0.3, 0.4) is 0 Å². The van der Waals surface area contributed by atoms with Crippen LogP contribution in [0.1, 0.15) is 56.2 Å². The molecule has 0 bridgehead atoms. The van der Waals surface area contributed by atoms with Crippen molar-refractivity contribution in [3.8, 4) is 6.01 Å². The minimum absolute atomic E-state index is 0.107. The van der Waals surface area contributed by atoms with Crippen LogP contribution < -0.4 is 9.46 Å². The fourth-order valence-electron chi connectivity index (χ4n) is 3.90. The van der Waals surface area contributed by atoms with Gasteiger partial charge in [0.05, 0.1) is 4.90 Å². The molecule has 1 aliphatic heterocycles. The Balaban J connectivity index is 1.46. The zero-order chi connectivity index (χ0) is 27.0. The topological polar surface area (TPSA) is 110 Å². The first-order valence-corrected chi connectivity index (χ1v) is 13.1. The normalized spacial score (nSPS) is 15.8. The molecule has 0 aliphatic carbocycles. The number of ether oxygens (including phenoxy) is 1. The summed E-state index contributed by atoms with van der Waals surface area (Å²) >= 11 is 0. The maximum absolute atomic E-state index is 13.0. The lowest BCUT2D eigenvalue weighted by atomic mass is 9.93. The first-order chi connectivity index (χ1) is 17.2. The molecule has 1 aromatic carbocycles. The van der Waals surface area contributed by atoms with Crippen molar-refractivity contribution >= 4 is 15.8 Å². The third-order valence-electron chi connectivity index (χ3n) is 6.06. The van der Waals surface area contributed by atoms with Crippen LogP contribution >= 0.6 is 0 Å². The van der Waals surface area contributed by atoms with E-state index in [1.165, 1.54) is 12.4 Å². The van der Waals surface area contributed by atoms with Crippen molar-refractivity contribution in [1.29, 1.82) is 0 Å². The van der Waals surface area contributed by atoms with Gasteiger partial charge in [-0.25, -0.2) is 18.4 Å². The van der Waals surface area contributed by atoms with E-state index >= 15 is 0 Å². The molecule has 9 nitrogen and oxygen atoms in total. The lowest BCUT2D eigenvalue weighted by Crippen LogP contribution is -2.33. The van der Waals surface area contributed by atoms with Gasteiger partial charge in [0.2, 0.25) is 0 Å². The number of alkyl halides is 3. The number of hydrogen-bond acceptors (Lipinski definition) is 8. The number of benzene rings is 1. The summed E-state index contributed by atoms with van der Waals surface area (Å²) in [6.45, 7) is 7.46. The molecular weight excluding hydrogens is 511 g/mol. The molecule has 4 rings (SSSR count). The fraction of sp³-hybridized carbons (Fsp3) is 0.458. The minimum Gasteiger partial charge on any atom is -0.454 e. The highest BCUT2D eigenvalue weighted by atomic mass is 32.2. The zero-order valence-corrected chi connectivity index (χ0v) is 21.7. The Morgan fingerprint density at radius 1 is 1.14 bits per heavy atom. The molecule has 1 N–H and O–H groups in total. The van der Waals surface area contributed by atoms with E-state index in [1.807, 2.05) is 33.8 Å². The van der Waals surface area contributed by atoms with Gasteiger partial charge in [-0.2, -0.15) is 13.2 Å². The molecule has 0 saturated carbocycles. The Bertz CT molecular complexity index is 1350. The number of anilines is 1. The Morgan fingerprint density at radius 3 is 2.46 bits per heavy atom. The molecule has 0 spiro atoms. The van der Waals surface area contributed by atoms with Gasteiger partial charge in [-0.05, 0) is 36.6 Å².